The average Bonchev–Trinajstić information content (AvgIpc) is 3.27. The van der Waals surface area contributed by atoms with Gasteiger partial charge in [-0.3, -0.25) is 9.69 Å². The van der Waals surface area contributed by atoms with Crippen LogP contribution < -0.4 is 0 Å². The summed E-state index contributed by atoms with van der Waals surface area (Å²) in [4.78, 5) is 23.9. The lowest BCUT2D eigenvalue weighted by Crippen LogP contribution is -2.42. The molecule has 0 saturated carbocycles. The molecule has 0 unspecified atom stereocenters. The fourth-order valence-corrected chi connectivity index (χ4v) is 5.01. The van der Waals surface area contributed by atoms with Gasteiger partial charge in [-0.25, -0.2) is 17.5 Å². The van der Waals surface area contributed by atoms with Crippen LogP contribution in [0.1, 0.15) is 25.5 Å². The van der Waals surface area contributed by atoms with Gasteiger partial charge in [-0.05, 0) is 38.4 Å². The molecule has 0 radical (unpaired) electrons. The molecule has 2 saturated heterocycles. The largest absolute Gasteiger partial charge is 0.490 e. The van der Waals surface area contributed by atoms with Gasteiger partial charge in [0.1, 0.15) is 5.76 Å². The Balaban J connectivity index is 0.000000451. The number of hydrogen-bond acceptors (Lipinski definition) is 7. The Hall–Kier alpha value is -2.12. The maximum Gasteiger partial charge on any atom is 0.490 e. The van der Waals surface area contributed by atoms with Crippen molar-refractivity contribution >= 4 is 22.0 Å². The molecule has 32 heavy (non-hydrogen) atoms. The maximum atomic E-state index is 12.8. The van der Waals surface area contributed by atoms with Gasteiger partial charge < -0.3 is 14.3 Å². The maximum absolute atomic E-state index is 12.8. The van der Waals surface area contributed by atoms with E-state index < -0.39 is 27.6 Å². The number of rotatable bonds is 5. The lowest BCUT2D eigenvalue weighted by atomic mass is 9.75. The Morgan fingerprint density at radius 3 is 2.50 bits per heavy atom. The molecule has 0 aliphatic carbocycles. The number of hydrogen-bond donors (Lipinski definition) is 1. The molecule has 13 heteroatoms. The van der Waals surface area contributed by atoms with Crippen LogP contribution in [0, 0.1) is 11.3 Å². The van der Waals surface area contributed by atoms with Crippen LogP contribution in [0.5, 0.6) is 0 Å². The second-order valence-electron chi connectivity index (χ2n) is 7.85. The van der Waals surface area contributed by atoms with E-state index in [1.54, 1.807) is 13.2 Å². The number of carboxylic acid groups (broad SMARTS) is 1. The van der Waals surface area contributed by atoms with Crippen LogP contribution in [0.25, 0.3) is 0 Å². The van der Waals surface area contributed by atoms with Crippen LogP contribution in [-0.2, 0) is 30.9 Å². The Morgan fingerprint density at radius 1 is 1.34 bits per heavy atom. The van der Waals surface area contributed by atoms with Gasteiger partial charge in [-0.15, -0.1) is 0 Å². The molecule has 0 bridgehead atoms. The molecule has 0 amide bonds. The zero-order valence-electron chi connectivity index (χ0n) is 17.8. The smallest absolute Gasteiger partial charge is 0.475 e. The SMILES string of the molecule is CCOC(=O)[C@]12CCCN(Cc3ccco3)C[C@H]1CN(S(C)(=O)=O)C2.O=C(O)C(F)(F)F. The second-order valence-corrected chi connectivity index (χ2v) is 9.83. The standard InChI is InChI=1S/C17H26N2O5S.C2HF3O2/c1-3-23-16(20)17-7-5-8-18(12-15-6-4-9-24-15)10-14(17)11-19(13-17)25(2,21)22;3-2(4,5)1(6)7/h4,6,9,14H,3,5,7-8,10-13H2,1-2H3;(H,6,7)/t14-,17-;/m0./s1. The monoisotopic (exact) mass is 484 g/mol. The van der Waals surface area contributed by atoms with E-state index in [-0.39, 0.29) is 18.4 Å². The Morgan fingerprint density at radius 2 is 2.00 bits per heavy atom. The highest BCUT2D eigenvalue weighted by molar-refractivity contribution is 7.88. The van der Waals surface area contributed by atoms with E-state index in [1.807, 2.05) is 12.1 Å². The summed E-state index contributed by atoms with van der Waals surface area (Å²) in [6, 6.07) is 3.79. The number of fused-ring (bicyclic) bond motifs is 1. The predicted octanol–water partition coefficient (Wildman–Crippen LogP) is 1.95. The van der Waals surface area contributed by atoms with Gasteiger partial charge in [0.05, 0.1) is 31.1 Å². The quantitative estimate of drug-likeness (QED) is 0.631. The van der Waals surface area contributed by atoms with Gasteiger partial charge in [-0.2, -0.15) is 13.2 Å². The number of carbonyl (C=O) groups is 2. The van der Waals surface area contributed by atoms with E-state index in [0.29, 0.717) is 32.7 Å². The molecule has 0 spiro atoms. The number of sulfonamides is 1. The summed E-state index contributed by atoms with van der Waals surface area (Å²) in [6.45, 7) is 4.87. The highest BCUT2D eigenvalue weighted by Crippen LogP contribution is 2.44. The first-order valence-electron chi connectivity index (χ1n) is 9.97. The Bertz CT molecular complexity index is 889. The van der Waals surface area contributed by atoms with Gasteiger partial charge in [-0.1, -0.05) is 0 Å². The zero-order valence-corrected chi connectivity index (χ0v) is 18.6. The van der Waals surface area contributed by atoms with Crippen molar-refractivity contribution in [3.63, 3.8) is 0 Å². The molecule has 2 aliphatic heterocycles. The van der Waals surface area contributed by atoms with Crippen LogP contribution in [0.2, 0.25) is 0 Å². The van der Waals surface area contributed by atoms with Gasteiger partial charge in [0.25, 0.3) is 0 Å². The number of nitrogens with zero attached hydrogens (tertiary/aromatic N) is 2. The number of esters is 1. The highest BCUT2D eigenvalue weighted by atomic mass is 32.2. The second kappa shape index (κ2) is 10.2. The number of alkyl halides is 3. The molecule has 2 aliphatic rings. The molecular formula is C19H27F3N2O7S. The minimum atomic E-state index is -5.08. The summed E-state index contributed by atoms with van der Waals surface area (Å²) in [7, 11) is -3.34. The van der Waals surface area contributed by atoms with Crippen LogP contribution in [0.15, 0.2) is 22.8 Å². The molecule has 0 aromatic carbocycles. The first-order valence-corrected chi connectivity index (χ1v) is 11.8. The average molecular weight is 484 g/mol. The van der Waals surface area contributed by atoms with E-state index in [1.165, 1.54) is 10.6 Å². The molecule has 3 rings (SSSR count). The summed E-state index contributed by atoms with van der Waals surface area (Å²) in [5.41, 5.74) is -0.739. The van der Waals surface area contributed by atoms with Crippen molar-refractivity contribution in [2.75, 3.05) is 39.0 Å². The van der Waals surface area contributed by atoms with Gasteiger partial charge in [0, 0.05) is 25.6 Å². The molecule has 1 aromatic rings. The van der Waals surface area contributed by atoms with Crippen molar-refractivity contribution < 1.29 is 45.4 Å². The summed E-state index contributed by atoms with van der Waals surface area (Å²) in [5, 5.41) is 7.12. The third-order valence-electron chi connectivity index (χ3n) is 5.59. The summed E-state index contributed by atoms with van der Waals surface area (Å²) < 4.78 is 68.1. The van der Waals surface area contributed by atoms with E-state index >= 15 is 0 Å². The molecule has 182 valence electrons. The summed E-state index contributed by atoms with van der Waals surface area (Å²) in [5.74, 6) is -2.21. The zero-order chi connectivity index (χ0) is 24.2. The van der Waals surface area contributed by atoms with Crippen molar-refractivity contribution in [2.24, 2.45) is 11.3 Å². The first-order chi connectivity index (χ1) is 14.8. The van der Waals surface area contributed by atoms with Gasteiger partial charge in [0.15, 0.2) is 0 Å². The summed E-state index contributed by atoms with van der Waals surface area (Å²) in [6.07, 6.45) is -0.750. The highest BCUT2D eigenvalue weighted by Gasteiger charge is 2.55. The fraction of sp³-hybridized carbons (Fsp3) is 0.684. The predicted molar refractivity (Wildman–Crippen MR) is 106 cm³/mol. The molecule has 3 heterocycles. The normalized spacial score (nSPS) is 24.7. The lowest BCUT2D eigenvalue weighted by Gasteiger charge is -2.31. The third-order valence-corrected chi connectivity index (χ3v) is 6.81. The van der Waals surface area contributed by atoms with Crippen LogP contribution in [-0.4, -0.2) is 79.9 Å². The number of aliphatic carboxylic acids is 1. The molecule has 1 aromatic heterocycles. The number of carbonyl (C=O) groups excluding carboxylic acids is 1. The van der Waals surface area contributed by atoms with Crippen molar-refractivity contribution in [2.45, 2.75) is 32.5 Å². The van der Waals surface area contributed by atoms with Crippen molar-refractivity contribution in [1.82, 2.24) is 9.21 Å². The number of likely N-dealkylation sites (tertiary alicyclic amines) is 1. The fourth-order valence-electron chi connectivity index (χ4n) is 4.09. The third kappa shape index (κ3) is 6.45. The Labute approximate surface area is 184 Å². The first kappa shape index (κ1) is 26.1. The summed E-state index contributed by atoms with van der Waals surface area (Å²) >= 11 is 0. The van der Waals surface area contributed by atoms with Crippen molar-refractivity contribution in [3.05, 3.63) is 24.2 Å². The molecule has 9 nitrogen and oxygen atoms in total. The van der Waals surface area contributed by atoms with Crippen LogP contribution in [0.3, 0.4) is 0 Å². The Kier molecular flexibility index (Phi) is 8.34. The van der Waals surface area contributed by atoms with E-state index in [9.17, 15) is 26.4 Å². The number of furan rings is 1. The minimum Gasteiger partial charge on any atom is -0.475 e. The molecule has 1 N–H and O–H groups in total. The van der Waals surface area contributed by atoms with E-state index in [0.717, 1.165) is 18.7 Å². The van der Waals surface area contributed by atoms with Crippen molar-refractivity contribution in [1.29, 1.82) is 0 Å². The topological polar surface area (TPSA) is 117 Å². The number of ether oxygens (including phenoxy) is 1. The van der Waals surface area contributed by atoms with E-state index in [4.69, 9.17) is 19.1 Å². The molecule has 2 fully saturated rings. The van der Waals surface area contributed by atoms with Crippen LogP contribution >= 0.6 is 0 Å². The lowest BCUT2D eigenvalue weighted by molar-refractivity contribution is -0.192. The van der Waals surface area contributed by atoms with Crippen molar-refractivity contribution in [3.8, 4) is 0 Å². The molecular weight excluding hydrogens is 457 g/mol. The number of carboxylic acids is 1. The van der Waals surface area contributed by atoms with Crippen LogP contribution in [0.4, 0.5) is 13.2 Å². The van der Waals surface area contributed by atoms with Gasteiger partial charge in [0.2, 0.25) is 10.0 Å². The number of halogens is 3. The minimum absolute atomic E-state index is 0.0706. The molecule has 2 atom stereocenters. The van der Waals surface area contributed by atoms with E-state index in [2.05, 4.69) is 4.90 Å². The van der Waals surface area contributed by atoms with Gasteiger partial charge >= 0.3 is 18.1 Å².